The summed E-state index contributed by atoms with van der Waals surface area (Å²) in [5, 5.41) is 21.5. The lowest BCUT2D eigenvalue weighted by molar-refractivity contribution is -0.143. The first-order valence-corrected chi connectivity index (χ1v) is 9.28. The van der Waals surface area contributed by atoms with Crippen molar-refractivity contribution in [2.24, 2.45) is 5.92 Å². The highest BCUT2D eigenvalue weighted by Gasteiger charge is 2.28. The fraction of sp³-hybridized carbons (Fsp3) is 0.722. The summed E-state index contributed by atoms with van der Waals surface area (Å²) in [7, 11) is 0. The third kappa shape index (κ3) is 5.20. The Morgan fingerprint density at radius 2 is 1.73 bits per heavy atom. The first-order valence-electron chi connectivity index (χ1n) is 9.28. The first-order chi connectivity index (χ1) is 12.3. The molecule has 0 saturated heterocycles. The van der Waals surface area contributed by atoms with Crippen LogP contribution in [-0.2, 0) is 16.1 Å². The van der Waals surface area contributed by atoms with Gasteiger partial charge in [-0.05, 0) is 25.2 Å². The van der Waals surface area contributed by atoms with E-state index in [1.54, 1.807) is 17.0 Å². The van der Waals surface area contributed by atoms with Gasteiger partial charge in [0.05, 0.1) is 6.54 Å². The lowest BCUT2D eigenvalue weighted by atomic mass is 9.95. The highest BCUT2D eigenvalue weighted by Crippen LogP contribution is 2.26. The number of carboxylic acid groups (broad SMARTS) is 2. The number of aliphatic carboxylic acids is 2. The SMILES string of the molecule is CC(C)C[C@H](N[C@@H](Cn1ccn(C2CCCCC2)c1=O)C(=O)O)C(=O)O. The van der Waals surface area contributed by atoms with E-state index in [4.69, 9.17) is 0 Å². The van der Waals surface area contributed by atoms with Gasteiger partial charge in [0.2, 0.25) is 0 Å². The summed E-state index contributed by atoms with van der Waals surface area (Å²) in [5.41, 5.74) is -0.235. The molecule has 0 aromatic carbocycles. The Labute approximate surface area is 152 Å². The van der Waals surface area contributed by atoms with Crippen molar-refractivity contribution < 1.29 is 19.8 Å². The van der Waals surface area contributed by atoms with E-state index in [1.165, 1.54) is 11.0 Å². The average Bonchev–Trinajstić information content (AvgIpc) is 2.94. The van der Waals surface area contributed by atoms with Crippen LogP contribution in [0.25, 0.3) is 0 Å². The van der Waals surface area contributed by atoms with Gasteiger partial charge in [0.1, 0.15) is 12.1 Å². The number of nitrogens with zero attached hydrogens (tertiary/aromatic N) is 2. The molecule has 0 spiro atoms. The molecule has 0 radical (unpaired) electrons. The molecule has 3 N–H and O–H groups in total. The van der Waals surface area contributed by atoms with Crippen molar-refractivity contribution in [3.63, 3.8) is 0 Å². The molecule has 1 heterocycles. The largest absolute Gasteiger partial charge is 0.480 e. The lowest BCUT2D eigenvalue weighted by Gasteiger charge is -2.23. The minimum atomic E-state index is -1.17. The van der Waals surface area contributed by atoms with Gasteiger partial charge in [-0.3, -0.25) is 24.0 Å². The fourth-order valence-corrected chi connectivity index (χ4v) is 3.56. The second-order valence-electron chi connectivity index (χ2n) is 7.51. The number of imidazole rings is 1. The first kappa shape index (κ1) is 20.2. The van der Waals surface area contributed by atoms with Gasteiger partial charge >= 0.3 is 17.6 Å². The van der Waals surface area contributed by atoms with Crippen LogP contribution in [0.15, 0.2) is 17.2 Å². The Bertz CT molecular complexity index is 673. The Morgan fingerprint density at radius 3 is 2.27 bits per heavy atom. The van der Waals surface area contributed by atoms with Gasteiger partial charge in [0, 0.05) is 18.4 Å². The van der Waals surface area contributed by atoms with E-state index in [9.17, 15) is 24.6 Å². The molecule has 0 unspecified atom stereocenters. The molecule has 1 aromatic rings. The van der Waals surface area contributed by atoms with Crippen LogP contribution < -0.4 is 11.0 Å². The number of rotatable bonds is 9. The van der Waals surface area contributed by atoms with Gasteiger partial charge in [-0.2, -0.15) is 0 Å². The molecule has 1 aliphatic carbocycles. The Balaban J connectivity index is 2.12. The van der Waals surface area contributed by atoms with E-state index in [1.807, 2.05) is 13.8 Å². The van der Waals surface area contributed by atoms with Crippen LogP contribution in [0, 0.1) is 5.92 Å². The summed E-state index contributed by atoms with van der Waals surface area (Å²) < 4.78 is 3.04. The molecule has 1 saturated carbocycles. The molecular formula is C18H29N3O5. The normalized spacial score (nSPS) is 18.0. The predicted octanol–water partition coefficient (Wildman–Crippen LogP) is 1.70. The molecule has 146 valence electrons. The Kier molecular flexibility index (Phi) is 7.02. The van der Waals surface area contributed by atoms with Gasteiger partial charge in [0.15, 0.2) is 0 Å². The zero-order valence-corrected chi connectivity index (χ0v) is 15.4. The van der Waals surface area contributed by atoms with Crippen LogP contribution in [0.4, 0.5) is 0 Å². The van der Waals surface area contributed by atoms with Gasteiger partial charge < -0.3 is 10.2 Å². The summed E-state index contributed by atoms with van der Waals surface area (Å²) >= 11 is 0. The molecule has 26 heavy (non-hydrogen) atoms. The molecule has 2 rings (SSSR count). The van der Waals surface area contributed by atoms with Crippen LogP contribution in [0.1, 0.15) is 58.4 Å². The number of hydrogen-bond donors (Lipinski definition) is 3. The summed E-state index contributed by atoms with van der Waals surface area (Å²) in [4.78, 5) is 35.6. The third-order valence-corrected chi connectivity index (χ3v) is 4.93. The lowest BCUT2D eigenvalue weighted by Crippen LogP contribution is -2.50. The second-order valence-corrected chi connectivity index (χ2v) is 7.51. The molecule has 1 aliphatic rings. The van der Waals surface area contributed by atoms with Gasteiger partial charge in [-0.1, -0.05) is 33.1 Å². The topological polar surface area (TPSA) is 114 Å². The smallest absolute Gasteiger partial charge is 0.328 e. The fourth-order valence-electron chi connectivity index (χ4n) is 3.56. The maximum Gasteiger partial charge on any atom is 0.328 e. The van der Waals surface area contributed by atoms with Crippen molar-refractivity contribution >= 4 is 11.9 Å². The summed E-state index contributed by atoms with van der Waals surface area (Å²) in [5.74, 6) is -2.15. The maximum atomic E-state index is 12.6. The van der Waals surface area contributed by atoms with Crippen LogP contribution in [0.2, 0.25) is 0 Å². The highest BCUT2D eigenvalue weighted by molar-refractivity contribution is 5.77. The molecule has 8 nitrogen and oxygen atoms in total. The molecule has 0 bridgehead atoms. The van der Waals surface area contributed by atoms with Crippen LogP contribution in [0.5, 0.6) is 0 Å². The van der Waals surface area contributed by atoms with E-state index in [-0.39, 0.29) is 24.2 Å². The van der Waals surface area contributed by atoms with Crippen molar-refractivity contribution in [3.05, 3.63) is 22.9 Å². The molecular weight excluding hydrogens is 338 g/mol. The quantitative estimate of drug-likeness (QED) is 0.612. The van der Waals surface area contributed by atoms with Crippen LogP contribution in [0.3, 0.4) is 0 Å². The van der Waals surface area contributed by atoms with Crippen molar-refractivity contribution in [1.82, 2.24) is 14.5 Å². The molecule has 0 aliphatic heterocycles. The molecule has 0 amide bonds. The molecule has 1 aromatic heterocycles. The minimum Gasteiger partial charge on any atom is -0.480 e. The van der Waals surface area contributed by atoms with Crippen LogP contribution >= 0.6 is 0 Å². The molecule has 8 heteroatoms. The standard InChI is InChI=1S/C18H29N3O5/c1-12(2)10-14(16(22)23)19-15(17(24)25)11-20-8-9-21(18(20)26)13-6-4-3-5-7-13/h8-9,12-15,19H,3-7,10-11H2,1-2H3,(H,22,23)(H,24,25)/t14-,15-/m0/s1. The number of carboxylic acids is 2. The number of hydrogen-bond acceptors (Lipinski definition) is 4. The number of nitrogens with one attached hydrogen (secondary N) is 1. The maximum absolute atomic E-state index is 12.6. The average molecular weight is 367 g/mol. The van der Waals surface area contributed by atoms with Crippen LogP contribution in [-0.4, -0.2) is 43.4 Å². The summed E-state index contributed by atoms with van der Waals surface area (Å²) in [6.45, 7) is 3.65. The monoisotopic (exact) mass is 367 g/mol. The summed E-state index contributed by atoms with van der Waals surface area (Å²) in [6.07, 6.45) is 8.90. The Hall–Kier alpha value is -2.09. The number of aromatic nitrogens is 2. The van der Waals surface area contributed by atoms with E-state index in [0.717, 1.165) is 25.7 Å². The van der Waals surface area contributed by atoms with Crippen molar-refractivity contribution in [2.75, 3.05) is 0 Å². The van der Waals surface area contributed by atoms with E-state index in [2.05, 4.69) is 5.32 Å². The zero-order chi connectivity index (χ0) is 19.3. The van der Waals surface area contributed by atoms with Crippen molar-refractivity contribution in [3.8, 4) is 0 Å². The second kappa shape index (κ2) is 9.02. The van der Waals surface area contributed by atoms with E-state index < -0.39 is 24.0 Å². The molecule has 2 atom stereocenters. The van der Waals surface area contributed by atoms with Crippen molar-refractivity contribution in [2.45, 2.75) is 77.0 Å². The van der Waals surface area contributed by atoms with Gasteiger partial charge in [0.25, 0.3) is 0 Å². The van der Waals surface area contributed by atoms with Gasteiger partial charge in [-0.25, -0.2) is 4.79 Å². The zero-order valence-electron chi connectivity index (χ0n) is 15.4. The number of carbonyl (C=O) groups is 2. The van der Waals surface area contributed by atoms with Gasteiger partial charge in [-0.15, -0.1) is 0 Å². The highest BCUT2D eigenvalue weighted by atomic mass is 16.4. The van der Waals surface area contributed by atoms with E-state index in [0.29, 0.717) is 6.42 Å². The summed E-state index contributed by atoms with van der Waals surface area (Å²) in [6, 6.07) is -1.94. The molecule has 1 fully saturated rings. The van der Waals surface area contributed by atoms with E-state index >= 15 is 0 Å². The predicted molar refractivity (Wildman–Crippen MR) is 96.3 cm³/mol. The minimum absolute atomic E-state index is 0.101. The Morgan fingerprint density at radius 1 is 1.12 bits per heavy atom. The van der Waals surface area contributed by atoms with Crippen molar-refractivity contribution in [1.29, 1.82) is 0 Å². The third-order valence-electron chi connectivity index (χ3n) is 4.93.